The predicted molar refractivity (Wildman–Crippen MR) is 77.7 cm³/mol. The van der Waals surface area contributed by atoms with Crippen molar-refractivity contribution < 1.29 is 24.2 Å². The number of rotatable bonds is 4. The van der Waals surface area contributed by atoms with Crippen molar-refractivity contribution >= 4 is 12.1 Å². The molecule has 0 aromatic rings. The summed E-state index contributed by atoms with van der Waals surface area (Å²) in [7, 11) is 1.31. The fourth-order valence-electron chi connectivity index (χ4n) is 2.63. The monoisotopic (exact) mass is 301 g/mol. The van der Waals surface area contributed by atoms with Crippen molar-refractivity contribution in [1.29, 1.82) is 0 Å². The van der Waals surface area contributed by atoms with Crippen LogP contribution in [0.15, 0.2) is 0 Å². The summed E-state index contributed by atoms with van der Waals surface area (Å²) in [6.07, 6.45) is 2.65. The van der Waals surface area contributed by atoms with E-state index in [0.717, 1.165) is 25.7 Å². The third kappa shape index (κ3) is 5.91. The summed E-state index contributed by atoms with van der Waals surface area (Å²) in [6, 6.07) is -0.690. The molecule has 2 N–H and O–H groups in total. The first-order valence-electron chi connectivity index (χ1n) is 7.45. The molecule has 1 saturated carbocycles. The van der Waals surface area contributed by atoms with Gasteiger partial charge in [-0.05, 0) is 58.3 Å². The molecule has 0 saturated heterocycles. The summed E-state index contributed by atoms with van der Waals surface area (Å²) in [4.78, 5) is 23.8. The van der Waals surface area contributed by atoms with Crippen LogP contribution in [-0.2, 0) is 14.3 Å². The number of carbonyl (C=O) groups excluding carboxylic acids is 2. The van der Waals surface area contributed by atoms with E-state index in [2.05, 4.69) is 5.32 Å². The van der Waals surface area contributed by atoms with E-state index in [1.807, 2.05) is 0 Å². The molecule has 6 nitrogen and oxygen atoms in total. The molecule has 1 aliphatic carbocycles. The zero-order valence-electron chi connectivity index (χ0n) is 13.3. The highest BCUT2D eigenvalue weighted by Crippen LogP contribution is 2.31. The van der Waals surface area contributed by atoms with Gasteiger partial charge >= 0.3 is 12.1 Å². The number of hydrogen-bond acceptors (Lipinski definition) is 5. The van der Waals surface area contributed by atoms with Crippen LogP contribution in [0.2, 0.25) is 0 Å². The smallest absolute Gasteiger partial charge is 0.408 e. The van der Waals surface area contributed by atoms with Crippen LogP contribution in [0.25, 0.3) is 0 Å². The molecule has 1 unspecified atom stereocenters. The molecule has 6 heteroatoms. The number of aliphatic hydroxyl groups is 1. The fourth-order valence-corrected chi connectivity index (χ4v) is 2.63. The van der Waals surface area contributed by atoms with E-state index in [4.69, 9.17) is 14.6 Å². The van der Waals surface area contributed by atoms with E-state index >= 15 is 0 Å². The molecule has 21 heavy (non-hydrogen) atoms. The van der Waals surface area contributed by atoms with Gasteiger partial charge in [-0.15, -0.1) is 0 Å². The normalized spacial score (nSPS) is 24.0. The Labute approximate surface area is 126 Å². The first-order chi connectivity index (χ1) is 9.76. The van der Waals surface area contributed by atoms with Gasteiger partial charge in [-0.2, -0.15) is 0 Å². The van der Waals surface area contributed by atoms with Crippen LogP contribution in [0, 0.1) is 11.8 Å². The minimum atomic E-state index is -0.690. The minimum Gasteiger partial charge on any atom is -0.467 e. The first kappa shape index (κ1) is 17.8. The average Bonchev–Trinajstić information content (AvgIpc) is 2.42. The van der Waals surface area contributed by atoms with Gasteiger partial charge in [0.05, 0.1) is 7.11 Å². The second-order valence-corrected chi connectivity index (χ2v) is 6.61. The summed E-state index contributed by atoms with van der Waals surface area (Å²) >= 11 is 0. The topological polar surface area (TPSA) is 84.9 Å². The first-order valence-corrected chi connectivity index (χ1v) is 7.45. The molecule has 0 heterocycles. The number of hydrogen-bond donors (Lipinski definition) is 2. The minimum absolute atomic E-state index is 0.0211. The molecular formula is C15H27NO5. The lowest BCUT2D eigenvalue weighted by atomic mass is 9.79. The van der Waals surface area contributed by atoms with Crippen LogP contribution in [-0.4, -0.2) is 42.5 Å². The van der Waals surface area contributed by atoms with E-state index in [-0.39, 0.29) is 12.5 Å². The molecule has 0 aromatic heterocycles. The van der Waals surface area contributed by atoms with Gasteiger partial charge in [0, 0.05) is 6.61 Å². The van der Waals surface area contributed by atoms with Gasteiger partial charge in [-0.1, -0.05) is 0 Å². The number of amides is 1. The maximum Gasteiger partial charge on any atom is 0.408 e. The van der Waals surface area contributed by atoms with Gasteiger partial charge in [0.15, 0.2) is 0 Å². The number of alkyl carbamates (subject to hydrolysis) is 1. The van der Waals surface area contributed by atoms with Crippen LogP contribution < -0.4 is 5.32 Å². The highest BCUT2D eigenvalue weighted by Gasteiger charge is 2.34. The Morgan fingerprint density at radius 2 is 1.81 bits per heavy atom. The van der Waals surface area contributed by atoms with Crippen molar-refractivity contribution in [3.63, 3.8) is 0 Å². The lowest BCUT2D eigenvalue weighted by Gasteiger charge is -2.32. The molecule has 122 valence electrons. The molecule has 0 spiro atoms. The molecule has 0 aromatic carbocycles. The Bertz CT molecular complexity index is 356. The number of nitrogens with one attached hydrogen (secondary N) is 1. The molecule has 1 rings (SSSR count). The highest BCUT2D eigenvalue weighted by atomic mass is 16.6. The van der Waals surface area contributed by atoms with Crippen molar-refractivity contribution in [2.45, 2.75) is 58.1 Å². The quantitative estimate of drug-likeness (QED) is 0.774. The van der Waals surface area contributed by atoms with Crippen molar-refractivity contribution in [3.8, 4) is 0 Å². The Morgan fingerprint density at radius 3 is 2.24 bits per heavy atom. The number of ether oxygens (including phenoxy) is 2. The van der Waals surface area contributed by atoms with Crippen molar-refractivity contribution in [2.75, 3.05) is 13.7 Å². The Balaban J connectivity index is 2.64. The Morgan fingerprint density at radius 1 is 1.24 bits per heavy atom. The average molecular weight is 301 g/mol. The van der Waals surface area contributed by atoms with E-state index < -0.39 is 23.7 Å². The van der Waals surface area contributed by atoms with E-state index in [0.29, 0.717) is 5.92 Å². The van der Waals surface area contributed by atoms with Crippen LogP contribution in [0.1, 0.15) is 46.5 Å². The lowest BCUT2D eigenvalue weighted by molar-refractivity contribution is -0.145. The van der Waals surface area contributed by atoms with Gasteiger partial charge in [-0.25, -0.2) is 9.59 Å². The highest BCUT2D eigenvalue weighted by molar-refractivity contribution is 5.81. The SMILES string of the molecule is COC(=O)C(NC(=O)OC(C)(C)C)C1CCC(CO)CC1. The Hall–Kier alpha value is -1.30. The standard InChI is InChI=1S/C15H27NO5/c1-15(2,3)21-14(19)16-12(13(18)20-4)11-7-5-10(9-17)6-8-11/h10-12,17H,5-9H2,1-4H3,(H,16,19). The molecule has 1 atom stereocenters. The summed E-state index contributed by atoms with van der Waals surface area (Å²) in [6.45, 7) is 5.49. The molecular weight excluding hydrogens is 274 g/mol. The molecule has 1 amide bonds. The molecule has 1 fully saturated rings. The molecule has 0 radical (unpaired) electrons. The summed E-state index contributed by atoms with van der Waals surface area (Å²) in [5.74, 6) is -0.137. The van der Waals surface area contributed by atoms with Crippen LogP contribution >= 0.6 is 0 Å². The van der Waals surface area contributed by atoms with Crippen LogP contribution in [0.4, 0.5) is 4.79 Å². The van der Waals surface area contributed by atoms with Gasteiger partial charge < -0.3 is 19.9 Å². The van der Waals surface area contributed by atoms with Crippen LogP contribution in [0.3, 0.4) is 0 Å². The largest absolute Gasteiger partial charge is 0.467 e. The molecule has 0 aliphatic heterocycles. The van der Waals surface area contributed by atoms with Gasteiger partial charge in [0.25, 0.3) is 0 Å². The summed E-state index contributed by atoms with van der Waals surface area (Å²) < 4.78 is 9.99. The maximum atomic E-state index is 11.9. The molecule has 0 bridgehead atoms. The van der Waals surface area contributed by atoms with Gasteiger partial charge in [0.1, 0.15) is 11.6 Å². The lowest BCUT2D eigenvalue weighted by Crippen LogP contribution is -2.49. The van der Waals surface area contributed by atoms with Crippen LogP contribution in [0.5, 0.6) is 0 Å². The summed E-state index contributed by atoms with van der Waals surface area (Å²) in [5, 5.41) is 11.8. The van der Waals surface area contributed by atoms with E-state index in [1.54, 1.807) is 20.8 Å². The van der Waals surface area contributed by atoms with Crippen molar-refractivity contribution in [2.24, 2.45) is 11.8 Å². The van der Waals surface area contributed by atoms with Crippen molar-refractivity contribution in [1.82, 2.24) is 5.32 Å². The van der Waals surface area contributed by atoms with E-state index in [9.17, 15) is 9.59 Å². The zero-order valence-corrected chi connectivity index (χ0v) is 13.3. The zero-order chi connectivity index (χ0) is 16.0. The van der Waals surface area contributed by atoms with Gasteiger partial charge in [-0.3, -0.25) is 0 Å². The third-order valence-corrected chi connectivity index (χ3v) is 3.75. The van der Waals surface area contributed by atoms with Crippen molar-refractivity contribution in [3.05, 3.63) is 0 Å². The fraction of sp³-hybridized carbons (Fsp3) is 0.867. The third-order valence-electron chi connectivity index (χ3n) is 3.75. The van der Waals surface area contributed by atoms with E-state index in [1.165, 1.54) is 7.11 Å². The summed E-state index contributed by atoms with van der Waals surface area (Å²) in [5.41, 5.74) is -0.612. The number of aliphatic hydroxyl groups excluding tert-OH is 1. The maximum absolute atomic E-state index is 11.9. The second kappa shape index (κ2) is 7.64. The van der Waals surface area contributed by atoms with Gasteiger partial charge in [0.2, 0.25) is 0 Å². The Kier molecular flexibility index (Phi) is 6.45. The number of esters is 1. The predicted octanol–water partition coefficient (Wildman–Crippen LogP) is 1.85. The number of methoxy groups -OCH3 is 1. The molecule has 1 aliphatic rings. The number of carbonyl (C=O) groups is 2. The second-order valence-electron chi connectivity index (χ2n) is 6.61.